The number of aliphatic hydroxyl groups is 1. The lowest BCUT2D eigenvalue weighted by Gasteiger charge is -2.25. The standard InChI is InChI=1S/C18H21BrO/c1-13(2)11-14-5-4-6-16(12-14)18(3,20)15-7-9-17(19)10-8-15/h4-10,12-13,20H,11H2,1-3H3. The zero-order valence-corrected chi connectivity index (χ0v) is 13.8. The fraction of sp³-hybridized carbons (Fsp3) is 0.333. The van der Waals surface area contributed by atoms with Gasteiger partial charge in [0.25, 0.3) is 0 Å². The van der Waals surface area contributed by atoms with E-state index < -0.39 is 5.60 Å². The predicted molar refractivity (Wildman–Crippen MR) is 87.8 cm³/mol. The van der Waals surface area contributed by atoms with Gasteiger partial charge in [0.15, 0.2) is 0 Å². The minimum absolute atomic E-state index is 0.614. The maximum Gasteiger partial charge on any atom is 0.112 e. The van der Waals surface area contributed by atoms with Crippen LogP contribution in [0.4, 0.5) is 0 Å². The fourth-order valence-corrected chi connectivity index (χ4v) is 2.68. The van der Waals surface area contributed by atoms with Gasteiger partial charge < -0.3 is 5.11 Å². The minimum Gasteiger partial charge on any atom is -0.381 e. The second-order valence-corrected chi connectivity index (χ2v) is 6.79. The van der Waals surface area contributed by atoms with Crippen molar-refractivity contribution in [3.05, 3.63) is 69.7 Å². The topological polar surface area (TPSA) is 20.2 Å². The molecular formula is C18H21BrO. The number of hydrogen-bond acceptors (Lipinski definition) is 1. The molecule has 0 amide bonds. The van der Waals surface area contributed by atoms with E-state index in [1.807, 2.05) is 43.3 Å². The highest BCUT2D eigenvalue weighted by Crippen LogP contribution is 2.30. The van der Waals surface area contributed by atoms with E-state index in [9.17, 15) is 5.11 Å². The summed E-state index contributed by atoms with van der Waals surface area (Å²) in [7, 11) is 0. The van der Waals surface area contributed by atoms with Gasteiger partial charge in [-0.3, -0.25) is 0 Å². The predicted octanol–water partition coefficient (Wildman–Crippen LogP) is 4.90. The number of benzene rings is 2. The van der Waals surface area contributed by atoms with Crippen LogP contribution < -0.4 is 0 Å². The summed E-state index contributed by atoms with van der Waals surface area (Å²) in [5.41, 5.74) is 2.16. The van der Waals surface area contributed by atoms with E-state index in [-0.39, 0.29) is 0 Å². The molecule has 0 aromatic heterocycles. The van der Waals surface area contributed by atoms with Crippen molar-refractivity contribution in [3.8, 4) is 0 Å². The van der Waals surface area contributed by atoms with Gasteiger partial charge in [-0.05, 0) is 48.1 Å². The molecule has 0 saturated carbocycles. The average Bonchev–Trinajstić information content (AvgIpc) is 2.39. The monoisotopic (exact) mass is 332 g/mol. The Morgan fingerprint density at radius 1 is 1.05 bits per heavy atom. The lowest BCUT2D eigenvalue weighted by atomic mass is 9.86. The highest BCUT2D eigenvalue weighted by atomic mass is 79.9. The minimum atomic E-state index is -0.965. The first-order valence-corrected chi connectivity index (χ1v) is 7.76. The maximum absolute atomic E-state index is 10.9. The Kier molecular flexibility index (Phi) is 4.66. The molecule has 1 unspecified atom stereocenters. The van der Waals surface area contributed by atoms with Gasteiger partial charge >= 0.3 is 0 Å². The molecular weight excluding hydrogens is 312 g/mol. The molecule has 2 heteroatoms. The maximum atomic E-state index is 10.9. The Bertz CT molecular complexity index is 570. The molecule has 0 bridgehead atoms. The number of halogens is 1. The van der Waals surface area contributed by atoms with E-state index in [1.165, 1.54) is 5.56 Å². The van der Waals surface area contributed by atoms with Gasteiger partial charge in [-0.15, -0.1) is 0 Å². The number of hydrogen-bond donors (Lipinski definition) is 1. The Balaban J connectivity index is 2.35. The Labute approximate surface area is 129 Å². The zero-order chi connectivity index (χ0) is 14.8. The van der Waals surface area contributed by atoms with Gasteiger partial charge in [-0.2, -0.15) is 0 Å². The molecule has 0 heterocycles. The van der Waals surface area contributed by atoms with Crippen LogP contribution in [0.15, 0.2) is 53.0 Å². The van der Waals surface area contributed by atoms with Crippen molar-refractivity contribution in [2.24, 2.45) is 5.92 Å². The summed E-state index contributed by atoms with van der Waals surface area (Å²) in [6.07, 6.45) is 1.03. The van der Waals surface area contributed by atoms with E-state index in [2.05, 4.69) is 41.9 Å². The first-order chi connectivity index (χ1) is 9.39. The largest absolute Gasteiger partial charge is 0.381 e. The van der Waals surface area contributed by atoms with E-state index in [1.54, 1.807) is 0 Å². The summed E-state index contributed by atoms with van der Waals surface area (Å²) in [5.74, 6) is 0.614. The molecule has 0 saturated heterocycles. The Hall–Kier alpha value is -1.12. The molecule has 0 aliphatic heterocycles. The van der Waals surface area contributed by atoms with Gasteiger partial charge in [0.05, 0.1) is 0 Å². The molecule has 0 aliphatic rings. The van der Waals surface area contributed by atoms with Gasteiger partial charge in [0, 0.05) is 4.47 Å². The Morgan fingerprint density at radius 2 is 1.70 bits per heavy atom. The molecule has 2 aromatic rings. The third kappa shape index (κ3) is 3.50. The van der Waals surface area contributed by atoms with Gasteiger partial charge in [0.2, 0.25) is 0 Å². The molecule has 1 N–H and O–H groups in total. The highest BCUT2D eigenvalue weighted by Gasteiger charge is 2.25. The molecule has 1 nitrogen and oxygen atoms in total. The molecule has 2 aromatic carbocycles. The van der Waals surface area contributed by atoms with Gasteiger partial charge in [-0.1, -0.05) is 66.2 Å². The summed E-state index contributed by atoms with van der Waals surface area (Å²) in [6, 6.07) is 16.1. The van der Waals surface area contributed by atoms with Crippen molar-refractivity contribution in [2.45, 2.75) is 32.8 Å². The molecule has 0 aliphatic carbocycles. The molecule has 20 heavy (non-hydrogen) atoms. The van der Waals surface area contributed by atoms with E-state index in [4.69, 9.17) is 0 Å². The van der Waals surface area contributed by atoms with Crippen molar-refractivity contribution in [1.82, 2.24) is 0 Å². The molecule has 106 valence electrons. The molecule has 0 fully saturated rings. The van der Waals surface area contributed by atoms with Gasteiger partial charge in [-0.25, -0.2) is 0 Å². The average molecular weight is 333 g/mol. The fourth-order valence-electron chi connectivity index (χ4n) is 2.41. The number of rotatable bonds is 4. The third-order valence-corrected chi connectivity index (χ3v) is 4.07. The van der Waals surface area contributed by atoms with Crippen LogP contribution in [0.25, 0.3) is 0 Å². The second-order valence-electron chi connectivity index (χ2n) is 5.88. The lowest BCUT2D eigenvalue weighted by molar-refractivity contribution is 0.102. The third-order valence-electron chi connectivity index (χ3n) is 3.54. The zero-order valence-electron chi connectivity index (χ0n) is 12.2. The van der Waals surface area contributed by atoms with Crippen LogP contribution in [0.1, 0.15) is 37.5 Å². The summed E-state index contributed by atoms with van der Waals surface area (Å²) in [5, 5.41) is 10.9. The summed E-state index contributed by atoms with van der Waals surface area (Å²) in [6.45, 7) is 6.27. The smallest absolute Gasteiger partial charge is 0.112 e. The summed E-state index contributed by atoms with van der Waals surface area (Å²) < 4.78 is 1.02. The van der Waals surface area contributed by atoms with Crippen LogP contribution in [-0.2, 0) is 12.0 Å². The quantitative estimate of drug-likeness (QED) is 0.843. The van der Waals surface area contributed by atoms with Crippen LogP contribution in [-0.4, -0.2) is 5.11 Å². The van der Waals surface area contributed by atoms with Crippen LogP contribution in [0, 0.1) is 5.92 Å². The van der Waals surface area contributed by atoms with E-state index in [0.29, 0.717) is 5.92 Å². The molecule has 0 spiro atoms. The SMILES string of the molecule is CC(C)Cc1cccc(C(C)(O)c2ccc(Br)cc2)c1. The first kappa shape index (κ1) is 15.3. The van der Waals surface area contributed by atoms with Crippen molar-refractivity contribution >= 4 is 15.9 Å². The lowest BCUT2D eigenvalue weighted by Crippen LogP contribution is -2.22. The normalized spacial score (nSPS) is 14.3. The first-order valence-electron chi connectivity index (χ1n) is 6.97. The Morgan fingerprint density at radius 3 is 2.30 bits per heavy atom. The molecule has 2 rings (SSSR count). The highest BCUT2D eigenvalue weighted by molar-refractivity contribution is 9.10. The van der Waals surface area contributed by atoms with Crippen LogP contribution >= 0.6 is 15.9 Å². The van der Waals surface area contributed by atoms with Crippen molar-refractivity contribution < 1.29 is 5.11 Å². The molecule has 0 radical (unpaired) electrons. The van der Waals surface area contributed by atoms with Crippen LogP contribution in [0.3, 0.4) is 0 Å². The summed E-state index contributed by atoms with van der Waals surface area (Å²) >= 11 is 3.43. The van der Waals surface area contributed by atoms with E-state index in [0.717, 1.165) is 22.0 Å². The van der Waals surface area contributed by atoms with Crippen molar-refractivity contribution in [3.63, 3.8) is 0 Å². The second kappa shape index (κ2) is 6.11. The van der Waals surface area contributed by atoms with E-state index >= 15 is 0 Å². The van der Waals surface area contributed by atoms with Crippen LogP contribution in [0.5, 0.6) is 0 Å². The van der Waals surface area contributed by atoms with Crippen molar-refractivity contribution in [1.29, 1.82) is 0 Å². The van der Waals surface area contributed by atoms with Crippen molar-refractivity contribution in [2.75, 3.05) is 0 Å². The van der Waals surface area contributed by atoms with Gasteiger partial charge in [0.1, 0.15) is 5.60 Å². The summed E-state index contributed by atoms with van der Waals surface area (Å²) in [4.78, 5) is 0. The molecule has 1 atom stereocenters. The van der Waals surface area contributed by atoms with Crippen LogP contribution in [0.2, 0.25) is 0 Å².